The number of carbonyl (C=O) groups is 1. The molecule has 128 valence electrons. The third kappa shape index (κ3) is 3.42. The number of rotatable bonds is 6. The van der Waals surface area contributed by atoms with Crippen LogP contribution in [0.2, 0.25) is 0 Å². The molecule has 5 nitrogen and oxygen atoms in total. The van der Waals surface area contributed by atoms with Crippen LogP contribution < -0.4 is 5.32 Å². The average molecular weight is 335 g/mol. The summed E-state index contributed by atoms with van der Waals surface area (Å²) in [6.07, 6.45) is 4.11. The van der Waals surface area contributed by atoms with Gasteiger partial charge in [-0.3, -0.25) is 4.79 Å². The minimum Gasteiger partial charge on any atom is -0.391 e. The molecule has 1 unspecified atom stereocenters. The molecule has 1 saturated carbocycles. The molecule has 3 aromatic rings. The Morgan fingerprint density at radius 3 is 2.72 bits per heavy atom. The quantitative estimate of drug-likeness (QED) is 0.727. The van der Waals surface area contributed by atoms with Crippen LogP contribution in [0.5, 0.6) is 0 Å². The first-order chi connectivity index (χ1) is 12.2. The standard InChI is InChI=1S/C20H21N3O2/c24-16(12-14-6-2-1-3-7-14)13-21-20(25)18-17-8-4-5-11-23(17)19(22-18)15-9-10-15/h1-8,11,15-16,24H,9-10,12-13H2,(H,21,25). The van der Waals surface area contributed by atoms with Gasteiger partial charge in [0.15, 0.2) is 5.69 Å². The topological polar surface area (TPSA) is 66.6 Å². The normalized spacial score (nSPS) is 15.2. The van der Waals surface area contributed by atoms with E-state index in [1.807, 2.05) is 59.1 Å². The summed E-state index contributed by atoms with van der Waals surface area (Å²) in [5, 5.41) is 13.0. The van der Waals surface area contributed by atoms with Gasteiger partial charge in [0.1, 0.15) is 5.82 Å². The summed E-state index contributed by atoms with van der Waals surface area (Å²) in [5.74, 6) is 1.19. The van der Waals surface area contributed by atoms with Crippen LogP contribution in [0.1, 0.15) is 40.6 Å². The van der Waals surface area contributed by atoms with Gasteiger partial charge in [0, 0.05) is 25.1 Å². The Bertz CT molecular complexity index is 884. The van der Waals surface area contributed by atoms with Crippen molar-refractivity contribution in [3.05, 3.63) is 71.8 Å². The summed E-state index contributed by atoms with van der Waals surface area (Å²) in [6, 6.07) is 15.5. The molecule has 2 heterocycles. The number of nitrogens with one attached hydrogen (secondary N) is 1. The van der Waals surface area contributed by atoms with E-state index in [0.29, 0.717) is 18.0 Å². The number of carbonyl (C=O) groups excluding carboxylic acids is 1. The van der Waals surface area contributed by atoms with E-state index in [1.165, 1.54) is 0 Å². The molecular weight excluding hydrogens is 314 g/mol. The van der Waals surface area contributed by atoms with E-state index in [4.69, 9.17) is 0 Å². The van der Waals surface area contributed by atoms with Gasteiger partial charge < -0.3 is 14.8 Å². The number of hydrogen-bond acceptors (Lipinski definition) is 3. The molecule has 0 bridgehead atoms. The Hall–Kier alpha value is -2.66. The maximum atomic E-state index is 12.6. The Balaban J connectivity index is 1.45. The molecule has 1 aliphatic carbocycles. The number of aromatic nitrogens is 2. The minimum atomic E-state index is -0.622. The fraction of sp³-hybridized carbons (Fsp3) is 0.300. The van der Waals surface area contributed by atoms with Crippen molar-refractivity contribution in [3.8, 4) is 0 Å². The fourth-order valence-electron chi connectivity index (χ4n) is 3.11. The zero-order valence-electron chi connectivity index (χ0n) is 13.9. The number of aliphatic hydroxyl groups is 1. The summed E-state index contributed by atoms with van der Waals surface area (Å²) in [7, 11) is 0. The number of fused-ring (bicyclic) bond motifs is 1. The molecule has 0 radical (unpaired) electrons. The van der Waals surface area contributed by atoms with Gasteiger partial charge in [-0.05, 0) is 30.5 Å². The van der Waals surface area contributed by atoms with Crippen molar-refractivity contribution < 1.29 is 9.90 Å². The molecular formula is C20H21N3O2. The molecule has 0 saturated heterocycles. The van der Waals surface area contributed by atoms with Gasteiger partial charge in [0.05, 0.1) is 11.6 Å². The molecule has 25 heavy (non-hydrogen) atoms. The number of benzene rings is 1. The number of hydrogen-bond donors (Lipinski definition) is 2. The first kappa shape index (κ1) is 15.8. The van der Waals surface area contributed by atoms with Gasteiger partial charge in [0.2, 0.25) is 0 Å². The summed E-state index contributed by atoms with van der Waals surface area (Å²) < 4.78 is 2.01. The molecule has 2 N–H and O–H groups in total. The van der Waals surface area contributed by atoms with Crippen LogP contribution in [0.4, 0.5) is 0 Å². The van der Waals surface area contributed by atoms with E-state index in [-0.39, 0.29) is 12.5 Å². The molecule has 1 fully saturated rings. The van der Waals surface area contributed by atoms with Crippen LogP contribution in [0.15, 0.2) is 54.7 Å². The van der Waals surface area contributed by atoms with Crippen LogP contribution in [0.3, 0.4) is 0 Å². The Kier molecular flexibility index (Phi) is 4.24. The minimum absolute atomic E-state index is 0.207. The number of nitrogens with zero attached hydrogens (tertiary/aromatic N) is 2. The van der Waals surface area contributed by atoms with Crippen LogP contribution in [-0.2, 0) is 6.42 Å². The van der Waals surface area contributed by atoms with Crippen molar-refractivity contribution in [1.29, 1.82) is 0 Å². The largest absolute Gasteiger partial charge is 0.391 e. The zero-order valence-corrected chi connectivity index (χ0v) is 13.9. The zero-order chi connectivity index (χ0) is 17.2. The number of pyridine rings is 1. The van der Waals surface area contributed by atoms with Gasteiger partial charge >= 0.3 is 0 Å². The van der Waals surface area contributed by atoms with Crippen molar-refractivity contribution in [1.82, 2.24) is 14.7 Å². The van der Waals surface area contributed by atoms with Crippen LogP contribution in [0, 0.1) is 0 Å². The second kappa shape index (κ2) is 6.69. The lowest BCUT2D eigenvalue weighted by Crippen LogP contribution is -2.33. The van der Waals surface area contributed by atoms with Crippen molar-refractivity contribution in [2.75, 3.05) is 6.54 Å². The lowest BCUT2D eigenvalue weighted by molar-refractivity contribution is 0.0913. The third-order valence-corrected chi connectivity index (χ3v) is 4.55. The maximum Gasteiger partial charge on any atom is 0.272 e. The van der Waals surface area contributed by atoms with Gasteiger partial charge in [-0.1, -0.05) is 36.4 Å². The molecule has 5 heteroatoms. The van der Waals surface area contributed by atoms with Gasteiger partial charge in [0.25, 0.3) is 5.91 Å². The number of aliphatic hydroxyl groups excluding tert-OH is 1. The summed E-state index contributed by atoms with van der Waals surface area (Å²) in [6.45, 7) is 0.207. The predicted molar refractivity (Wildman–Crippen MR) is 95.7 cm³/mol. The first-order valence-electron chi connectivity index (χ1n) is 8.69. The Morgan fingerprint density at radius 2 is 1.96 bits per heavy atom. The van der Waals surface area contributed by atoms with E-state index in [9.17, 15) is 9.90 Å². The summed E-state index contributed by atoms with van der Waals surface area (Å²) in [5.41, 5.74) is 2.31. The van der Waals surface area contributed by atoms with Crippen molar-refractivity contribution in [2.24, 2.45) is 0 Å². The molecule has 0 aliphatic heterocycles. The average Bonchev–Trinajstić information content (AvgIpc) is 3.41. The van der Waals surface area contributed by atoms with E-state index in [2.05, 4.69) is 10.3 Å². The van der Waals surface area contributed by atoms with Gasteiger partial charge in [-0.15, -0.1) is 0 Å². The molecule has 1 aliphatic rings. The fourth-order valence-corrected chi connectivity index (χ4v) is 3.11. The highest BCUT2D eigenvalue weighted by molar-refractivity contribution is 5.99. The number of amides is 1. The number of imidazole rings is 1. The summed E-state index contributed by atoms with van der Waals surface area (Å²) >= 11 is 0. The first-order valence-corrected chi connectivity index (χ1v) is 8.69. The second-order valence-electron chi connectivity index (χ2n) is 6.60. The van der Waals surface area contributed by atoms with E-state index in [1.54, 1.807) is 0 Å². The smallest absolute Gasteiger partial charge is 0.272 e. The van der Waals surface area contributed by atoms with E-state index < -0.39 is 6.10 Å². The van der Waals surface area contributed by atoms with E-state index in [0.717, 1.165) is 29.7 Å². The molecule has 4 rings (SSSR count). The van der Waals surface area contributed by atoms with Crippen molar-refractivity contribution in [3.63, 3.8) is 0 Å². The highest BCUT2D eigenvalue weighted by Gasteiger charge is 2.30. The lowest BCUT2D eigenvalue weighted by Gasteiger charge is -2.11. The Labute approximate surface area is 146 Å². The third-order valence-electron chi connectivity index (χ3n) is 4.55. The predicted octanol–water partition coefficient (Wildman–Crippen LogP) is 2.55. The lowest BCUT2D eigenvalue weighted by atomic mass is 10.1. The van der Waals surface area contributed by atoms with Crippen LogP contribution in [0.25, 0.3) is 5.52 Å². The highest BCUT2D eigenvalue weighted by Crippen LogP contribution is 2.39. The second-order valence-corrected chi connectivity index (χ2v) is 6.60. The van der Waals surface area contributed by atoms with Crippen molar-refractivity contribution >= 4 is 11.4 Å². The van der Waals surface area contributed by atoms with Crippen molar-refractivity contribution in [2.45, 2.75) is 31.3 Å². The molecule has 1 aromatic carbocycles. The monoisotopic (exact) mass is 335 g/mol. The molecule has 1 atom stereocenters. The Morgan fingerprint density at radius 1 is 1.20 bits per heavy atom. The molecule has 2 aromatic heterocycles. The molecule has 1 amide bonds. The van der Waals surface area contributed by atoms with Gasteiger partial charge in [-0.2, -0.15) is 0 Å². The highest BCUT2D eigenvalue weighted by atomic mass is 16.3. The summed E-state index contributed by atoms with van der Waals surface area (Å²) in [4.78, 5) is 17.2. The van der Waals surface area contributed by atoms with Gasteiger partial charge in [-0.25, -0.2) is 4.98 Å². The molecule has 0 spiro atoms. The van der Waals surface area contributed by atoms with E-state index >= 15 is 0 Å². The van der Waals surface area contributed by atoms with Crippen LogP contribution in [-0.4, -0.2) is 33.0 Å². The van der Waals surface area contributed by atoms with Crippen LogP contribution >= 0.6 is 0 Å². The maximum absolute atomic E-state index is 12.6. The SMILES string of the molecule is O=C(NCC(O)Cc1ccccc1)c1nc(C2CC2)n2ccccc12.